The average Bonchev–Trinajstić information content (AvgIpc) is 2.53. The molecule has 0 saturated carbocycles. The molecule has 1 aromatic rings. The summed E-state index contributed by atoms with van der Waals surface area (Å²) in [6.07, 6.45) is 0. The molecule has 5 heteroatoms. The van der Waals surface area contributed by atoms with Crippen LogP contribution in [0.1, 0.15) is 5.69 Å². The van der Waals surface area contributed by atoms with Crippen molar-refractivity contribution in [3.8, 4) is 0 Å². The van der Waals surface area contributed by atoms with Gasteiger partial charge in [-0.2, -0.15) is 0 Å². The summed E-state index contributed by atoms with van der Waals surface area (Å²) in [7, 11) is 0. The van der Waals surface area contributed by atoms with Crippen LogP contribution in [0.4, 0.5) is 5.82 Å². The summed E-state index contributed by atoms with van der Waals surface area (Å²) in [5.74, 6) is 0.866. The highest BCUT2D eigenvalue weighted by Crippen LogP contribution is 2.14. The second-order valence-corrected chi connectivity index (χ2v) is 2.83. The molecule has 0 bridgehead atoms. The number of aryl methyl sites for hydroxylation is 1. The Morgan fingerprint density at radius 3 is 2.58 bits per heavy atom. The van der Waals surface area contributed by atoms with Gasteiger partial charge in [-0.05, 0) is 12.1 Å². The van der Waals surface area contributed by atoms with Gasteiger partial charge >= 0.3 is 0 Å². The third kappa shape index (κ3) is 1.27. The Hall–Kier alpha value is -1.10. The number of rotatable bonds is 1. The van der Waals surface area contributed by atoms with Crippen LogP contribution in [0.2, 0.25) is 0 Å². The van der Waals surface area contributed by atoms with E-state index < -0.39 is 0 Å². The van der Waals surface area contributed by atoms with Crippen LogP contribution in [0.25, 0.3) is 0 Å². The Morgan fingerprint density at radius 2 is 2.00 bits per heavy atom. The predicted molar refractivity (Wildman–Crippen MR) is 43.1 cm³/mol. The standard InChI is InChI=1S/C7H11N4O/c1-6-7(10-12-9-6)11-4-2-8-3-5-11/h2-5H2,1H3. The van der Waals surface area contributed by atoms with Crippen molar-refractivity contribution in [1.29, 1.82) is 0 Å². The monoisotopic (exact) mass is 167 g/mol. The zero-order valence-corrected chi connectivity index (χ0v) is 7.03. The highest BCUT2D eigenvalue weighted by molar-refractivity contribution is 5.41. The fraction of sp³-hybridized carbons (Fsp3) is 0.714. The minimum atomic E-state index is 0.858. The van der Waals surface area contributed by atoms with Crippen molar-refractivity contribution in [1.82, 2.24) is 15.6 Å². The molecule has 1 aromatic heterocycles. The van der Waals surface area contributed by atoms with Gasteiger partial charge in [-0.1, -0.05) is 5.16 Å². The molecule has 0 atom stereocenters. The third-order valence-electron chi connectivity index (χ3n) is 1.98. The lowest BCUT2D eigenvalue weighted by Gasteiger charge is -2.25. The smallest absolute Gasteiger partial charge is 0.196 e. The van der Waals surface area contributed by atoms with Gasteiger partial charge in [0.15, 0.2) is 5.82 Å². The predicted octanol–water partition coefficient (Wildman–Crippen LogP) is -0.198. The van der Waals surface area contributed by atoms with Gasteiger partial charge in [0.25, 0.3) is 0 Å². The largest absolute Gasteiger partial charge is 0.350 e. The van der Waals surface area contributed by atoms with Crippen molar-refractivity contribution >= 4 is 5.82 Å². The van der Waals surface area contributed by atoms with Gasteiger partial charge in [0.05, 0.1) is 0 Å². The van der Waals surface area contributed by atoms with E-state index in [4.69, 9.17) is 0 Å². The Balaban J connectivity index is 2.13. The van der Waals surface area contributed by atoms with Crippen LogP contribution >= 0.6 is 0 Å². The number of hydrogen-bond acceptors (Lipinski definition) is 4. The molecule has 1 radical (unpaired) electrons. The molecule has 1 fully saturated rings. The molecule has 5 nitrogen and oxygen atoms in total. The second kappa shape index (κ2) is 3.10. The van der Waals surface area contributed by atoms with Gasteiger partial charge in [0.1, 0.15) is 5.69 Å². The van der Waals surface area contributed by atoms with Gasteiger partial charge in [-0.25, -0.2) is 9.95 Å². The van der Waals surface area contributed by atoms with Gasteiger partial charge in [0, 0.05) is 26.2 Å². The first kappa shape index (κ1) is 7.54. The minimum Gasteiger partial charge on any atom is -0.350 e. The van der Waals surface area contributed by atoms with E-state index in [2.05, 4.69) is 25.2 Å². The van der Waals surface area contributed by atoms with Crippen LogP contribution < -0.4 is 10.2 Å². The highest BCUT2D eigenvalue weighted by atomic mass is 16.6. The molecule has 1 aliphatic rings. The molecular formula is C7H11N4O. The highest BCUT2D eigenvalue weighted by Gasteiger charge is 2.16. The molecule has 0 aliphatic carbocycles. The van der Waals surface area contributed by atoms with E-state index >= 15 is 0 Å². The average molecular weight is 167 g/mol. The van der Waals surface area contributed by atoms with E-state index in [9.17, 15) is 0 Å². The topological polar surface area (TPSA) is 56.3 Å². The molecule has 0 spiro atoms. The lowest BCUT2D eigenvalue weighted by molar-refractivity contribution is 0.304. The van der Waals surface area contributed by atoms with Crippen molar-refractivity contribution in [2.75, 3.05) is 31.1 Å². The maximum absolute atomic E-state index is 4.63. The fourth-order valence-electron chi connectivity index (χ4n) is 1.33. The molecule has 12 heavy (non-hydrogen) atoms. The van der Waals surface area contributed by atoms with E-state index in [1.165, 1.54) is 0 Å². The number of anilines is 1. The van der Waals surface area contributed by atoms with Crippen LogP contribution in [-0.4, -0.2) is 36.5 Å². The summed E-state index contributed by atoms with van der Waals surface area (Å²) >= 11 is 0. The summed E-state index contributed by atoms with van der Waals surface area (Å²) in [4.78, 5) is 2.15. The zero-order chi connectivity index (χ0) is 8.39. The maximum atomic E-state index is 4.63. The summed E-state index contributed by atoms with van der Waals surface area (Å²) in [5.41, 5.74) is 0.858. The molecule has 0 N–H and O–H groups in total. The molecule has 0 aromatic carbocycles. The number of hydrogen-bond donors (Lipinski definition) is 0. The first-order valence-corrected chi connectivity index (χ1v) is 4.05. The van der Waals surface area contributed by atoms with Gasteiger partial charge < -0.3 is 4.90 Å². The number of nitrogens with zero attached hydrogens (tertiary/aromatic N) is 4. The Bertz CT molecular complexity index is 254. The van der Waals surface area contributed by atoms with Crippen LogP contribution in [0.15, 0.2) is 4.63 Å². The van der Waals surface area contributed by atoms with Crippen LogP contribution in [0.3, 0.4) is 0 Å². The molecule has 0 amide bonds. The Kier molecular flexibility index (Phi) is 1.95. The molecule has 2 rings (SSSR count). The zero-order valence-electron chi connectivity index (χ0n) is 7.03. The van der Waals surface area contributed by atoms with Gasteiger partial charge in [0.2, 0.25) is 0 Å². The summed E-state index contributed by atoms with van der Waals surface area (Å²) in [6.45, 7) is 5.51. The number of aromatic nitrogens is 2. The summed E-state index contributed by atoms with van der Waals surface area (Å²) < 4.78 is 4.63. The fourth-order valence-corrected chi connectivity index (χ4v) is 1.33. The molecule has 1 aliphatic heterocycles. The molecule has 2 heterocycles. The normalized spacial score (nSPS) is 18.2. The van der Waals surface area contributed by atoms with E-state index in [-0.39, 0.29) is 0 Å². The van der Waals surface area contributed by atoms with E-state index in [1.54, 1.807) is 0 Å². The maximum Gasteiger partial charge on any atom is 0.196 e. The minimum absolute atomic E-state index is 0.858. The first-order valence-electron chi connectivity index (χ1n) is 4.05. The second-order valence-electron chi connectivity index (χ2n) is 2.83. The van der Waals surface area contributed by atoms with Crippen LogP contribution in [0.5, 0.6) is 0 Å². The van der Waals surface area contributed by atoms with Gasteiger partial charge in [-0.3, -0.25) is 0 Å². The van der Waals surface area contributed by atoms with Crippen molar-refractivity contribution in [2.45, 2.75) is 6.92 Å². The summed E-state index contributed by atoms with van der Waals surface area (Å²) in [5, 5.41) is 11.8. The van der Waals surface area contributed by atoms with Crippen molar-refractivity contribution in [2.24, 2.45) is 0 Å². The SMILES string of the molecule is Cc1nonc1N1CC[N]CC1. The van der Waals surface area contributed by atoms with E-state index in [0.29, 0.717) is 0 Å². The van der Waals surface area contributed by atoms with E-state index in [1.807, 2.05) is 6.92 Å². The quantitative estimate of drug-likeness (QED) is 0.581. The van der Waals surface area contributed by atoms with Crippen molar-refractivity contribution < 1.29 is 4.63 Å². The van der Waals surface area contributed by atoms with E-state index in [0.717, 1.165) is 37.7 Å². The van der Waals surface area contributed by atoms with Crippen LogP contribution in [0, 0.1) is 6.92 Å². The molecule has 1 saturated heterocycles. The lowest BCUT2D eigenvalue weighted by atomic mass is 10.3. The Morgan fingerprint density at radius 1 is 1.25 bits per heavy atom. The molecular weight excluding hydrogens is 156 g/mol. The third-order valence-corrected chi connectivity index (χ3v) is 1.98. The van der Waals surface area contributed by atoms with Crippen molar-refractivity contribution in [3.63, 3.8) is 0 Å². The first-order chi connectivity index (χ1) is 5.88. The van der Waals surface area contributed by atoms with Crippen molar-refractivity contribution in [3.05, 3.63) is 5.69 Å². The number of piperazine rings is 1. The van der Waals surface area contributed by atoms with Gasteiger partial charge in [-0.15, -0.1) is 0 Å². The van der Waals surface area contributed by atoms with Crippen LogP contribution in [-0.2, 0) is 0 Å². The molecule has 65 valence electrons. The Labute approximate surface area is 70.7 Å². The summed E-state index contributed by atoms with van der Waals surface area (Å²) in [6, 6.07) is 0. The molecule has 0 unspecified atom stereocenters. The lowest BCUT2D eigenvalue weighted by Crippen LogP contribution is -2.40.